The van der Waals surface area contributed by atoms with Gasteiger partial charge in [0.25, 0.3) is 0 Å². The molecule has 2 heterocycles. The zero-order chi connectivity index (χ0) is 15.4. The van der Waals surface area contributed by atoms with Crippen LogP contribution in [0.5, 0.6) is 0 Å². The van der Waals surface area contributed by atoms with Gasteiger partial charge in [-0.1, -0.05) is 19.3 Å². The Morgan fingerprint density at radius 2 is 1.95 bits per heavy atom. The molecular weight excluding hydrogens is 284 g/mol. The van der Waals surface area contributed by atoms with Crippen molar-refractivity contribution in [2.75, 3.05) is 26.3 Å². The number of ether oxygens (including phenoxy) is 1. The Hall–Kier alpha value is -1.63. The minimum absolute atomic E-state index is 0.118. The molecule has 2 N–H and O–H groups in total. The maximum absolute atomic E-state index is 12.4. The lowest BCUT2D eigenvalue weighted by molar-refractivity contribution is -0.128. The highest BCUT2D eigenvalue weighted by Gasteiger charge is 2.30. The summed E-state index contributed by atoms with van der Waals surface area (Å²) in [4.78, 5) is 30.7. The first kappa shape index (κ1) is 15.3. The molecule has 0 aromatic carbocycles. The predicted molar refractivity (Wildman–Crippen MR) is 81.4 cm³/mol. The lowest BCUT2D eigenvalue weighted by Crippen LogP contribution is -2.54. The van der Waals surface area contributed by atoms with Crippen molar-refractivity contribution in [2.45, 2.75) is 50.6 Å². The number of carbonyl (C=O) groups is 2. The monoisotopic (exact) mass is 308 g/mol. The molecule has 22 heavy (non-hydrogen) atoms. The number of hydrogen-bond acceptors (Lipinski definition) is 5. The van der Waals surface area contributed by atoms with Crippen molar-refractivity contribution in [1.29, 1.82) is 0 Å². The number of aliphatic imine (C=N–C) groups is 1. The van der Waals surface area contributed by atoms with E-state index in [0.29, 0.717) is 32.3 Å². The Bertz CT molecular complexity index is 454. The van der Waals surface area contributed by atoms with E-state index in [1.807, 2.05) is 4.90 Å². The first-order valence-corrected chi connectivity index (χ1v) is 8.23. The third kappa shape index (κ3) is 3.76. The minimum atomic E-state index is -0.603. The maximum atomic E-state index is 12.4. The van der Waals surface area contributed by atoms with Gasteiger partial charge in [0.05, 0.1) is 19.6 Å². The Morgan fingerprint density at radius 3 is 2.68 bits per heavy atom. The van der Waals surface area contributed by atoms with Gasteiger partial charge in [0.1, 0.15) is 6.04 Å². The number of hydrogen-bond donors (Lipinski definition) is 2. The average Bonchev–Trinajstić information content (AvgIpc) is 2.56. The summed E-state index contributed by atoms with van der Waals surface area (Å²) in [5.41, 5.74) is 0. The summed E-state index contributed by atoms with van der Waals surface area (Å²) in [6, 6.07) is -0.359. The molecule has 0 radical (unpaired) electrons. The SMILES string of the molecule is O=C1C[C@H](C(=O)NC2CCCCC2)N=C(N2CCOCC2)N1. The van der Waals surface area contributed by atoms with Gasteiger partial charge >= 0.3 is 0 Å². The van der Waals surface area contributed by atoms with Crippen molar-refractivity contribution < 1.29 is 14.3 Å². The quantitative estimate of drug-likeness (QED) is 0.753. The fourth-order valence-corrected chi connectivity index (χ4v) is 3.21. The summed E-state index contributed by atoms with van der Waals surface area (Å²) < 4.78 is 5.30. The molecule has 0 aromatic rings. The van der Waals surface area contributed by atoms with E-state index >= 15 is 0 Å². The van der Waals surface area contributed by atoms with Gasteiger partial charge in [0.2, 0.25) is 17.8 Å². The average molecular weight is 308 g/mol. The van der Waals surface area contributed by atoms with E-state index in [9.17, 15) is 9.59 Å². The van der Waals surface area contributed by atoms with E-state index in [-0.39, 0.29) is 24.3 Å². The molecule has 2 fully saturated rings. The van der Waals surface area contributed by atoms with E-state index in [2.05, 4.69) is 15.6 Å². The normalized spacial score (nSPS) is 27.1. The number of morpholine rings is 1. The number of nitrogens with zero attached hydrogens (tertiary/aromatic N) is 2. The number of rotatable bonds is 2. The highest BCUT2D eigenvalue weighted by Crippen LogP contribution is 2.18. The van der Waals surface area contributed by atoms with E-state index < -0.39 is 6.04 Å². The van der Waals surface area contributed by atoms with E-state index in [0.717, 1.165) is 12.8 Å². The minimum Gasteiger partial charge on any atom is -0.378 e. The van der Waals surface area contributed by atoms with Crippen LogP contribution < -0.4 is 10.6 Å². The first-order chi connectivity index (χ1) is 10.7. The summed E-state index contributed by atoms with van der Waals surface area (Å²) >= 11 is 0. The Balaban J connectivity index is 1.63. The number of nitrogens with one attached hydrogen (secondary N) is 2. The van der Waals surface area contributed by atoms with Crippen molar-refractivity contribution >= 4 is 17.8 Å². The van der Waals surface area contributed by atoms with Crippen LogP contribution in [0.15, 0.2) is 4.99 Å². The fourth-order valence-electron chi connectivity index (χ4n) is 3.21. The molecule has 1 saturated carbocycles. The molecule has 0 unspecified atom stereocenters. The fraction of sp³-hybridized carbons (Fsp3) is 0.800. The Morgan fingerprint density at radius 1 is 1.23 bits per heavy atom. The molecule has 122 valence electrons. The highest BCUT2D eigenvalue weighted by molar-refractivity contribution is 6.03. The van der Waals surface area contributed by atoms with Crippen molar-refractivity contribution in [3.05, 3.63) is 0 Å². The lowest BCUT2D eigenvalue weighted by Gasteiger charge is -2.33. The highest BCUT2D eigenvalue weighted by atomic mass is 16.5. The van der Waals surface area contributed by atoms with Gasteiger partial charge in [-0.2, -0.15) is 0 Å². The maximum Gasteiger partial charge on any atom is 0.245 e. The molecule has 1 saturated heterocycles. The second-order valence-corrected chi connectivity index (χ2v) is 6.16. The van der Waals surface area contributed by atoms with Gasteiger partial charge in [-0.05, 0) is 12.8 Å². The molecule has 3 aliphatic rings. The number of amides is 2. The Labute approximate surface area is 130 Å². The predicted octanol–water partition coefficient (Wildman–Crippen LogP) is 0.0120. The largest absolute Gasteiger partial charge is 0.378 e. The Kier molecular flexibility index (Phi) is 4.92. The molecular formula is C15H24N4O3. The van der Waals surface area contributed by atoms with Crippen molar-refractivity contribution in [1.82, 2.24) is 15.5 Å². The topological polar surface area (TPSA) is 83.0 Å². The summed E-state index contributed by atoms with van der Waals surface area (Å²) in [5, 5.41) is 5.84. The molecule has 2 aliphatic heterocycles. The second kappa shape index (κ2) is 7.09. The van der Waals surface area contributed by atoms with Gasteiger partial charge in [0, 0.05) is 19.1 Å². The van der Waals surface area contributed by atoms with Crippen LogP contribution in [0, 0.1) is 0 Å². The molecule has 3 rings (SSSR count). The van der Waals surface area contributed by atoms with Crippen LogP contribution in [0.2, 0.25) is 0 Å². The van der Waals surface area contributed by atoms with Gasteiger partial charge < -0.3 is 15.0 Å². The van der Waals surface area contributed by atoms with E-state index in [4.69, 9.17) is 4.74 Å². The molecule has 7 heteroatoms. The molecule has 1 atom stereocenters. The first-order valence-electron chi connectivity index (χ1n) is 8.23. The van der Waals surface area contributed by atoms with Crippen LogP contribution in [0.25, 0.3) is 0 Å². The lowest BCUT2D eigenvalue weighted by atomic mass is 9.95. The van der Waals surface area contributed by atoms with Crippen molar-refractivity contribution in [2.24, 2.45) is 4.99 Å². The van der Waals surface area contributed by atoms with Gasteiger partial charge in [-0.25, -0.2) is 4.99 Å². The zero-order valence-electron chi connectivity index (χ0n) is 12.8. The molecule has 0 aromatic heterocycles. The third-order valence-electron chi connectivity index (χ3n) is 4.47. The van der Waals surface area contributed by atoms with Crippen LogP contribution in [0.1, 0.15) is 38.5 Å². The van der Waals surface area contributed by atoms with Crippen molar-refractivity contribution in [3.63, 3.8) is 0 Å². The smallest absolute Gasteiger partial charge is 0.245 e. The molecule has 0 spiro atoms. The molecule has 1 aliphatic carbocycles. The van der Waals surface area contributed by atoms with Gasteiger partial charge in [0.15, 0.2) is 0 Å². The third-order valence-corrected chi connectivity index (χ3v) is 4.47. The van der Waals surface area contributed by atoms with Crippen LogP contribution in [-0.4, -0.2) is 61.1 Å². The van der Waals surface area contributed by atoms with E-state index in [1.165, 1.54) is 19.3 Å². The van der Waals surface area contributed by atoms with E-state index in [1.54, 1.807) is 0 Å². The summed E-state index contributed by atoms with van der Waals surface area (Å²) in [7, 11) is 0. The number of guanidine groups is 1. The van der Waals surface area contributed by atoms with Crippen LogP contribution >= 0.6 is 0 Å². The number of carbonyl (C=O) groups excluding carboxylic acids is 2. The van der Waals surface area contributed by atoms with Crippen molar-refractivity contribution in [3.8, 4) is 0 Å². The molecule has 0 bridgehead atoms. The molecule has 2 amide bonds. The zero-order valence-corrected chi connectivity index (χ0v) is 12.8. The van der Waals surface area contributed by atoms with Gasteiger partial charge in [-0.15, -0.1) is 0 Å². The summed E-state index contributed by atoms with van der Waals surface area (Å²) in [6.07, 6.45) is 5.77. The standard InChI is InChI=1S/C15H24N4O3/c20-13-10-12(14(21)16-11-4-2-1-3-5-11)17-15(18-13)19-6-8-22-9-7-19/h11-12H,1-10H2,(H,16,21)(H,17,18,20)/t12-/m1/s1. The summed E-state index contributed by atoms with van der Waals surface area (Å²) in [6.45, 7) is 2.62. The second-order valence-electron chi connectivity index (χ2n) is 6.16. The molecule has 7 nitrogen and oxygen atoms in total. The van der Waals surface area contributed by atoms with Crippen LogP contribution in [-0.2, 0) is 14.3 Å². The summed E-state index contributed by atoms with van der Waals surface area (Å²) in [5.74, 6) is 0.260. The van der Waals surface area contributed by atoms with Gasteiger partial charge in [-0.3, -0.25) is 14.9 Å². The van der Waals surface area contributed by atoms with Crippen LogP contribution in [0.4, 0.5) is 0 Å². The van der Waals surface area contributed by atoms with Crippen LogP contribution in [0.3, 0.4) is 0 Å².